The quantitative estimate of drug-likeness (QED) is 0.721. The summed E-state index contributed by atoms with van der Waals surface area (Å²) in [5.74, 6) is -0.995. The molecule has 16 heavy (non-hydrogen) atoms. The first kappa shape index (κ1) is 12.2. The number of methoxy groups -OCH3 is 1. The van der Waals surface area contributed by atoms with Crippen molar-refractivity contribution in [1.82, 2.24) is 0 Å². The van der Waals surface area contributed by atoms with Crippen LogP contribution >= 0.6 is 0 Å². The van der Waals surface area contributed by atoms with E-state index in [1.54, 1.807) is 0 Å². The smallest absolute Gasteiger partial charge is 0.346 e. The topological polar surface area (TPSA) is 52.6 Å². The van der Waals surface area contributed by atoms with Crippen LogP contribution in [0.1, 0.15) is 12.5 Å². The summed E-state index contributed by atoms with van der Waals surface area (Å²) in [6.07, 6.45) is -0.705. The summed E-state index contributed by atoms with van der Waals surface area (Å²) in [5, 5.41) is 0. The first-order chi connectivity index (χ1) is 7.63. The van der Waals surface area contributed by atoms with E-state index in [-0.39, 0.29) is 6.42 Å². The maximum atomic E-state index is 11.4. The van der Waals surface area contributed by atoms with Crippen molar-refractivity contribution in [3.8, 4) is 0 Å². The van der Waals surface area contributed by atoms with Crippen LogP contribution in [0.15, 0.2) is 30.3 Å². The third-order valence-corrected chi connectivity index (χ3v) is 2.03. The fourth-order valence-corrected chi connectivity index (χ4v) is 1.22. The van der Waals surface area contributed by atoms with E-state index in [0.29, 0.717) is 0 Å². The van der Waals surface area contributed by atoms with Gasteiger partial charge in [0, 0.05) is 0 Å². The van der Waals surface area contributed by atoms with E-state index in [9.17, 15) is 9.59 Å². The van der Waals surface area contributed by atoms with Crippen LogP contribution in [-0.2, 0) is 25.5 Å². The Kier molecular flexibility index (Phi) is 4.51. The zero-order valence-electron chi connectivity index (χ0n) is 9.30. The Bertz CT molecular complexity index is 359. The summed E-state index contributed by atoms with van der Waals surface area (Å²) >= 11 is 0. The molecule has 4 heteroatoms. The van der Waals surface area contributed by atoms with Crippen LogP contribution in [0, 0.1) is 0 Å². The molecule has 4 nitrogen and oxygen atoms in total. The van der Waals surface area contributed by atoms with Gasteiger partial charge in [0.25, 0.3) is 0 Å². The zero-order chi connectivity index (χ0) is 12.0. The van der Waals surface area contributed by atoms with Crippen molar-refractivity contribution >= 4 is 11.9 Å². The van der Waals surface area contributed by atoms with E-state index in [4.69, 9.17) is 4.74 Å². The zero-order valence-corrected chi connectivity index (χ0v) is 9.30. The summed E-state index contributed by atoms with van der Waals surface area (Å²) in [6, 6.07) is 9.19. The predicted molar refractivity (Wildman–Crippen MR) is 57.7 cm³/mol. The Balaban J connectivity index is 2.45. The van der Waals surface area contributed by atoms with E-state index < -0.39 is 18.0 Å². The van der Waals surface area contributed by atoms with Crippen molar-refractivity contribution in [3.63, 3.8) is 0 Å². The molecule has 0 heterocycles. The van der Waals surface area contributed by atoms with Gasteiger partial charge in [-0.3, -0.25) is 4.79 Å². The summed E-state index contributed by atoms with van der Waals surface area (Å²) in [6.45, 7) is 1.48. The van der Waals surface area contributed by atoms with Gasteiger partial charge in [0.1, 0.15) is 0 Å². The second-order valence-corrected chi connectivity index (χ2v) is 3.32. The number of carbonyl (C=O) groups is 2. The van der Waals surface area contributed by atoms with Gasteiger partial charge < -0.3 is 9.47 Å². The SMILES string of the molecule is COC(=O)[C@H](C)OC(=O)Cc1ccccc1. The predicted octanol–water partition coefficient (Wildman–Crippen LogP) is 1.33. The molecule has 0 fully saturated rings. The minimum Gasteiger partial charge on any atom is -0.466 e. The van der Waals surface area contributed by atoms with E-state index in [2.05, 4.69) is 4.74 Å². The Hall–Kier alpha value is -1.84. The Morgan fingerprint density at radius 2 is 1.88 bits per heavy atom. The Labute approximate surface area is 94.2 Å². The van der Waals surface area contributed by atoms with Crippen LogP contribution in [0.25, 0.3) is 0 Å². The summed E-state index contributed by atoms with van der Waals surface area (Å²) in [5.41, 5.74) is 0.851. The molecule has 0 N–H and O–H groups in total. The number of esters is 2. The molecule has 0 aliphatic carbocycles. The van der Waals surface area contributed by atoms with Crippen LogP contribution < -0.4 is 0 Å². The summed E-state index contributed by atoms with van der Waals surface area (Å²) < 4.78 is 9.34. The van der Waals surface area contributed by atoms with E-state index in [1.807, 2.05) is 30.3 Å². The molecule has 1 atom stereocenters. The molecule has 0 amide bonds. The molecule has 86 valence electrons. The van der Waals surface area contributed by atoms with Crippen LogP contribution in [-0.4, -0.2) is 25.2 Å². The average Bonchev–Trinajstić information content (AvgIpc) is 2.29. The maximum absolute atomic E-state index is 11.4. The van der Waals surface area contributed by atoms with Gasteiger partial charge in [-0.15, -0.1) is 0 Å². The van der Waals surface area contributed by atoms with E-state index >= 15 is 0 Å². The largest absolute Gasteiger partial charge is 0.466 e. The molecule has 1 aromatic rings. The van der Waals surface area contributed by atoms with Crippen molar-refractivity contribution in [2.45, 2.75) is 19.4 Å². The van der Waals surface area contributed by atoms with Crippen LogP contribution in [0.2, 0.25) is 0 Å². The van der Waals surface area contributed by atoms with E-state index in [1.165, 1.54) is 14.0 Å². The average molecular weight is 222 g/mol. The van der Waals surface area contributed by atoms with Crippen molar-refractivity contribution in [2.75, 3.05) is 7.11 Å². The van der Waals surface area contributed by atoms with Crippen LogP contribution in [0.3, 0.4) is 0 Å². The minimum absolute atomic E-state index is 0.155. The second-order valence-electron chi connectivity index (χ2n) is 3.32. The monoisotopic (exact) mass is 222 g/mol. The second kappa shape index (κ2) is 5.90. The highest BCUT2D eigenvalue weighted by Gasteiger charge is 2.17. The molecular weight excluding hydrogens is 208 g/mol. The fraction of sp³-hybridized carbons (Fsp3) is 0.333. The first-order valence-electron chi connectivity index (χ1n) is 4.94. The lowest BCUT2D eigenvalue weighted by Crippen LogP contribution is -2.26. The number of hydrogen-bond donors (Lipinski definition) is 0. The lowest BCUT2D eigenvalue weighted by molar-refractivity contribution is -0.164. The van der Waals surface area contributed by atoms with Crippen molar-refractivity contribution in [2.24, 2.45) is 0 Å². The molecule has 0 unspecified atom stereocenters. The molecule has 1 aromatic carbocycles. The highest BCUT2D eigenvalue weighted by molar-refractivity contribution is 5.79. The van der Waals surface area contributed by atoms with E-state index in [0.717, 1.165) is 5.56 Å². The van der Waals surface area contributed by atoms with Gasteiger partial charge in [-0.25, -0.2) is 4.79 Å². The van der Waals surface area contributed by atoms with Crippen molar-refractivity contribution < 1.29 is 19.1 Å². The fourth-order valence-electron chi connectivity index (χ4n) is 1.22. The molecule has 0 aliphatic rings. The van der Waals surface area contributed by atoms with Gasteiger partial charge in [-0.2, -0.15) is 0 Å². The van der Waals surface area contributed by atoms with Gasteiger partial charge in [-0.1, -0.05) is 30.3 Å². The molecular formula is C12H14O4. The van der Waals surface area contributed by atoms with Gasteiger partial charge in [-0.05, 0) is 12.5 Å². The first-order valence-corrected chi connectivity index (χ1v) is 4.94. The minimum atomic E-state index is -0.860. The normalized spacial score (nSPS) is 11.6. The third kappa shape index (κ3) is 3.73. The molecule has 0 aromatic heterocycles. The Morgan fingerprint density at radius 1 is 1.25 bits per heavy atom. The summed E-state index contributed by atoms with van der Waals surface area (Å²) in [7, 11) is 1.25. The molecule has 1 rings (SSSR count). The number of benzene rings is 1. The maximum Gasteiger partial charge on any atom is 0.346 e. The van der Waals surface area contributed by atoms with Crippen LogP contribution in [0.5, 0.6) is 0 Å². The number of carbonyl (C=O) groups excluding carboxylic acids is 2. The molecule has 0 radical (unpaired) electrons. The van der Waals surface area contributed by atoms with Gasteiger partial charge in [0.15, 0.2) is 6.10 Å². The van der Waals surface area contributed by atoms with Gasteiger partial charge in [0.05, 0.1) is 13.5 Å². The number of hydrogen-bond acceptors (Lipinski definition) is 4. The van der Waals surface area contributed by atoms with Gasteiger partial charge >= 0.3 is 11.9 Å². The van der Waals surface area contributed by atoms with Crippen molar-refractivity contribution in [3.05, 3.63) is 35.9 Å². The highest BCUT2D eigenvalue weighted by Crippen LogP contribution is 2.03. The Morgan fingerprint density at radius 3 is 2.44 bits per heavy atom. The summed E-state index contributed by atoms with van der Waals surface area (Å²) in [4.78, 5) is 22.4. The third-order valence-electron chi connectivity index (χ3n) is 2.03. The van der Waals surface area contributed by atoms with Gasteiger partial charge in [0.2, 0.25) is 0 Å². The lowest BCUT2D eigenvalue weighted by Gasteiger charge is -2.10. The highest BCUT2D eigenvalue weighted by atomic mass is 16.6. The molecule has 0 bridgehead atoms. The standard InChI is InChI=1S/C12H14O4/c1-9(12(14)15-2)16-11(13)8-10-6-4-3-5-7-10/h3-7,9H,8H2,1-2H3/t9-/m0/s1. The number of ether oxygens (including phenoxy) is 2. The molecule has 0 aliphatic heterocycles. The van der Waals surface area contributed by atoms with Crippen LogP contribution in [0.4, 0.5) is 0 Å². The van der Waals surface area contributed by atoms with Crippen molar-refractivity contribution in [1.29, 1.82) is 0 Å². The molecule has 0 spiro atoms. The lowest BCUT2D eigenvalue weighted by atomic mass is 10.1. The molecule has 0 saturated carbocycles. The molecule has 0 saturated heterocycles. The number of rotatable bonds is 4.